The highest BCUT2D eigenvalue weighted by Gasteiger charge is 2.33. The highest BCUT2D eigenvalue weighted by atomic mass is 16.6. The van der Waals surface area contributed by atoms with Crippen LogP contribution in [0.3, 0.4) is 0 Å². The van der Waals surface area contributed by atoms with Crippen molar-refractivity contribution >= 4 is 23.9 Å². The molecule has 1 aliphatic rings. The maximum absolute atomic E-state index is 12.5. The molecule has 0 fully saturated rings. The standard InChI is InChI=1S/C19H28N2O7/c1-6-27-18(24)20(21(12-17(23)26-5)19(25)28-7-2)11-14(4)15-9-8-13(3)16(22)10-15/h8,15H,4,6-7,9-12H2,1-3,5H3/t15-/m0/s1. The number of methoxy groups -OCH3 is 1. The minimum atomic E-state index is -0.899. The third-order valence-electron chi connectivity index (χ3n) is 4.27. The molecule has 1 atom stereocenters. The van der Waals surface area contributed by atoms with Crippen LogP contribution in [0.15, 0.2) is 23.8 Å². The predicted octanol–water partition coefficient (Wildman–Crippen LogP) is 2.47. The van der Waals surface area contributed by atoms with Gasteiger partial charge >= 0.3 is 18.2 Å². The van der Waals surface area contributed by atoms with Gasteiger partial charge in [0, 0.05) is 6.42 Å². The fraction of sp³-hybridized carbons (Fsp3) is 0.579. The Hall–Kier alpha value is -2.84. The van der Waals surface area contributed by atoms with Crippen LogP contribution in [-0.2, 0) is 23.8 Å². The molecule has 0 heterocycles. The second kappa shape index (κ2) is 11.1. The largest absolute Gasteiger partial charge is 0.468 e. The van der Waals surface area contributed by atoms with Crippen LogP contribution in [-0.4, -0.2) is 67.4 Å². The molecule has 1 rings (SSSR count). The molecule has 0 radical (unpaired) electrons. The van der Waals surface area contributed by atoms with E-state index < -0.39 is 24.7 Å². The van der Waals surface area contributed by atoms with Crippen molar-refractivity contribution in [3.05, 3.63) is 23.8 Å². The molecule has 156 valence electrons. The van der Waals surface area contributed by atoms with Crippen molar-refractivity contribution in [1.82, 2.24) is 10.0 Å². The number of ketones is 1. The summed E-state index contributed by atoms with van der Waals surface area (Å²) in [6.45, 7) is 8.43. The Kier molecular flexibility index (Phi) is 9.20. The maximum atomic E-state index is 12.5. The van der Waals surface area contributed by atoms with Crippen LogP contribution in [0.1, 0.15) is 33.6 Å². The van der Waals surface area contributed by atoms with E-state index in [0.717, 1.165) is 10.0 Å². The van der Waals surface area contributed by atoms with E-state index in [9.17, 15) is 19.2 Å². The number of carbonyl (C=O) groups is 4. The fourth-order valence-electron chi connectivity index (χ4n) is 2.61. The van der Waals surface area contributed by atoms with Crippen LogP contribution in [0.2, 0.25) is 0 Å². The lowest BCUT2D eigenvalue weighted by atomic mass is 9.84. The van der Waals surface area contributed by atoms with E-state index in [-0.39, 0.29) is 37.9 Å². The van der Waals surface area contributed by atoms with Gasteiger partial charge in [-0.25, -0.2) is 19.6 Å². The summed E-state index contributed by atoms with van der Waals surface area (Å²) in [4.78, 5) is 48.6. The van der Waals surface area contributed by atoms with Gasteiger partial charge in [0.15, 0.2) is 5.78 Å². The van der Waals surface area contributed by atoms with Gasteiger partial charge in [0.05, 0.1) is 26.9 Å². The smallest absolute Gasteiger partial charge is 0.429 e. The maximum Gasteiger partial charge on any atom is 0.429 e. The first-order chi connectivity index (χ1) is 13.2. The number of ether oxygens (including phenoxy) is 3. The first kappa shape index (κ1) is 23.2. The summed E-state index contributed by atoms with van der Waals surface area (Å²) in [7, 11) is 1.17. The van der Waals surface area contributed by atoms with Crippen LogP contribution in [0.5, 0.6) is 0 Å². The Morgan fingerprint density at radius 1 is 1.11 bits per heavy atom. The van der Waals surface area contributed by atoms with Gasteiger partial charge in [-0.15, -0.1) is 0 Å². The first-order valence-electron chi connectivity index (χ1n) is 9.07. The average molecular weight is 396 g/mol. The van der Waals surface area contributed by atoms with Crippen molar-refractivity contribution in [2.75, 3.05) is 33.4 Å². The summed E-state index contributed by atoms with van der Waals surface area (Å²) < 4.78 is 14.6. The summed E-state index contributed by atoms with van der Waals surface area (Å²) in [5, 5.41) is 1.78. The van der Waals surface area contributed by atoms with Crippen LogP contribution in [0.25, 0.3) is 0 Å². The lowest BCUT2D eigenvalue weighted by molar-refractivity contribution is -0.145. The average Bonchev–Trinajstić information content (AvgIpc) is 2.66. The number of amides is 2. The van der Waals surface area contributed by atoms with Gasteiger partial charge < -0.3 is 14.2 Å². The quantitative estimate of drug-likeness (QED) is 0.282. The minimum Gasteiger partial charge on any atom is -0.468 e. The highest BCUT2D eigenvalue weighted by Crippen LogP contribution is 2.27. The summed E-state index contributed by atoms with van der Waals surface area (Å²) in [5.41, 5.74) is 1.26. The van der Waals surface area contributed by atoms with Crippen molar-refractivity contribution in [3.8, 4) is 0 Å². The van der Waals surface area contributed by atoms with Crippen molar-refractivity contribution < 1.29 is 33.4 Å². The molecule has 28 heavy (non-hydrogen) atoms. The molecule has 0 N–H and O–H groups in total. The number of hydrogen-bond donors (Lipinski definition) is 0. The molecule has 0 spiro atoms. The molecule has 9 heteroatoms. The van der Waals surface area contributed by atoms with E-state index in [4.69, 9.17) is 9.47 Å². The summed E-state index contributed by atoms with van der Waals surface area (Å²) in [6, 6.07) is 0. The monoisotopic (exact) mass is 396 g/mol. The molecule has 0 aromatic carbocycles. The van der Waals surface area contributed by atoms with Crippen LogP contribution in [0, 0.1) is 5.92 Å². The number of rotatable bonds is 7. The molecule has 0 bridgehead atoms. The summed E-state index contributed by atoms with van der Waals surface area (Å²) >= 11 is 0. The zero-order valence-electron chi connectivity index (χ0n) is 16.9. The normalized spacial score (nSPS) is 15.9. The van der Waals surface area contributed by atoms with Crippen molar-refractivity contribution in [1.29, 1.82) is 0 Å². The number of allylic oxidation sites excluding steroid dienone is 2. The second-order valence-corrected chi connectivity index (χ2v) is 6.19. The van der Waals surface area contributed by atoms with Gasteiger partial charge in [-0.3, -0.25) is 9.59 Å². The van der Waals surface area contributed by atoms with E-state index in [1.807, 2.05) is 6.08 Å². The predicted molar refractivity (Wildman–Crippen MR) is 100 cm³/mol. The number of nitrogens with zero attached hydrogens (tertiary/aromatic N) is 2. The lowest BCUT2D eigenvalue weighted by Gasteiger charge is -2.34. The first-order valence-corrected chi connectivity index (χ1v) is 9.07. The third kappa shape index (κ3) is 6.40. The molecule has 0 aromatic rings. The molecular weight excluding hydrogens is 368 g/mol. The number of hydrogen-bond acceptors (Lipinski definition) is 7. The molecule has 9 nitrogen and oxygen atoms in total. The molecule has 0 saturated carbocycles. The van der Waals surface area contributed by atoms with E-state index >= 15 is 0 Å². The van der Waals surface area contributed by atoms with E-state index in [1.165, 1.54) is 7.11 Å². The van der Waals surface area contributed by atoms with Gasteiger partial charge in [0.2, 0.25) is 0 Å². The van der Waals surface area contributed by atoms with Gasteiger partial charge in [-0.2, -0.15) is 0 Å². The Bertz CT molecular complexity index is 657. The Balaban J connectivity index is 3.08. The van der Waals surface area contributed by atoms with Crippen molar-refractivity contribution in [3.63, 3.8) is 0 Å². The topological polar surface area (TPSA) is 102 Å². The lowest BCUT2D eigenvalue weighted by Crippen LogP contribution is -2.53. The zero-order valence-corrected chi connectivity index (χ0v) is 16.9. The number of Topliss-reactive ketones (excluding diaryl/α,β-unsaturated/α-hetero) is 1. The Morgan fingerprint density at radius 2 is 1.64 bits per heavy atom. The minimum absolute atomic E-state index is 0.0110. The molecule has 0 unspecified atom stereocenters. The van der Waals surface area contributed by atoms with E-state index in [1.54, 1.807) is 20.8 Å². The van der Waals surface area contributed by atoms with Gasteiger partial charge in [-0.1, -0.05) is 18.2 Å². The van der Waals surface area contributed by atoms with Crippen molar-refractivity contribution in [2.45, 2.75) is 33.6 Å². The van der Waals surface area contributed by atoms with E-state index in [0.29, 0.717) is 17.6 Å². The SMILES string of the molecule is C=C(CN(C(=O)OCC)N(CC(=O)OC)C(=O)OCC)[C@H]1CC=C(C)C(=O)C1. The third-order valence-corrected chi connectivity index (χ3v) is 4.27. The molecule has 0 aliphatic heterocycles. The van der Waals surface area contributed by atoms with Crippen LogP contribution < -0.4 is 0 Å². The molecule has 0 saturated heterocycles. The van der Waals surface area contributed by atoms with Gasteiger partial charge in [0.25, 0.3) is 0 Å². The molecule has 2 amide bonds. The van der Waals surface area contributed by atoms with Crippen LogP contribution >= 0.6 is 0 Å². The zero-order chi connectivity index (χ0) is 21.3. The van der Waals surface area contributed by atoms with Gasteiger partial charge in [-0.05, 0) is 38.7 Å². The summed E-state index contributed by atoms with van der Waals surface area (Å²) in [5.74, 6) is -0.911. The van der Waals surface area contributed by atoms with Crippen molar-refractivity contribution in [2.24, 2.45) is 5.92 Å². The number of esters is 1. The van der Waals surface area contributed by atoms with Crippen LogP contribution in [0.4, 0.5) is 9.59 Å². The number of carbonyl (C=O) groups excluding carboxylic acids is 4. The molecule has 0 aromatic heterocycles. The summed E-state index contributed by atoms with van der Waals surface area (Å²) in [6.07, 6.45) is 0.963. The molecule has 1 aliphatic carbocycles. The Labute approximate surface area is 164 Å². The fourth-order valence-corrected chi connectivity index (χ4v) is 2.61. The van der Waals surface area contributed by atoms with Gasteiger partial charge in [0.1, 0.15) is 6.54 Å². The molecular formula is C19H28N2O7. The number of hydrazine groups is 1. The second-order valence-electron chi connectivity index (χ2n) is 6.19. The van der Waals surface area contributed by atoms with E-state index in [2.05, 4.69) is 11.3 Å². The Morgan fingerprint density at radius 3 is 2.11 bits per heavy atom. The highest BCUT2D eigenvalue weighted by molar-refractivity contribution is 5.95.